The van der Waals surface area contributed by atoms with Crippen molar-refractivity contribution in [2.24, 2.45) is 0 Å². The maximum absolute atomic E-state index is 6.19. The van der Waals surface area contributed by atoms with Gasteiger partial charge < -0.3 is 18.9 Å². The average Bonchev–Trinajstić information content (AvgIpc) is 2.81. The summed E-state index contributed by atoms with van der Waals surface area (Å²) in [5.74, 6) is 3.21. The zero-order valence-corrected chi connectivity index (χ0v) is 19.6. The second-order valence-electron chi connectivity index (χ2n) is 8.00. The Morgan fingerprint density at radius 1 is 0.719 bits per heavy atom. The van der Waals surface area contributed by atoms with E-state index in [1.54, 1.807) is 0 Å². The summed E-state index contributed by atoms with van der Waals surface area (Å²) in [6.07, 6.45) is 0.948. The van der Waals surface area contributed by atoms with Gasteiger partial charge in [-0.05, 0) is 67.8 Å². The van der Waals surface area contributed by atoms with Gasteiger partial charge in [0.15, 0.2) is 11.5 Å². The SMILES string of the molecule is CCOc1ccc(C(C)(CC)COCc2cccc(Oc3ccccc3)c2)cc1OCC. The molecule has 3 rings (SSSR count). The molecule has 0 saturated carbocycles. The number of benzene rings is 3. The monoisotopic (exact) mass is 434 g/mol. The molecule has 0 radical (unpaired) electrons. The third kappa shape index (κ3) is 6.27. The highest BCUT2D eigenvalue weighted by Gasteiger charge is 2.26. The first-order chi connectivity index (χ1) is 15.6. The summed E-state index contributed by atoms with van der Waals surface area (Å²) in [6.45, 7) is 10.7. The largest absolute Gasteiger partial charge is 0.490 e. The standard InChI is InChI=1S/C28H34O4/c1-5-28(4,23-16-17-26(30-6-2)27(19-23)31-7-3)21-29-20-22-12-11-15-25(18-22)32-24-13-9-8-10-14-24/h8-19H,5-7,20-21H2,1-4H3. The Hall–Kier alpha value is -2.98. The first kappa shape index (κ1) is 23.7. The summed E-state index contributed by atoms with van der Waals surface area (Å²) >= 11 is 0. The normalized spacial score (nSPS) is 12.8. The fourth-order valence-electron chi connectivity index (χ4n) is 3.53. The minimum Gasteiger partial charge on any atom is -0.490 e. The lowest BCUT2D eigenvalue weighted by Crippen LogP contribution is -2.27. The number of hydrogen-bond donors (Lipinski definition) is 0. The van der Waals surface area contributed by atoms with Crippen molar-refractivity contribution >= 4 is 0 Å². The van der Waals surface area contributed by atoms with E-state index < -0.39 is 0 Å². The van der Waals surface area contributed by atoms with Gasteiger partial charge in [0.1, 0.15) is 11.5 Å². The van der Waals surface area contributed by atoms with Crippen LogP contribution in [0.25, 0.3) is 0 Å². The molecule has 0 heterocycles. The van der Waals surface area contributed by atoms with E-state index in [2.05, 4.69) is 32.0 Å². The molecular weight excluding hydrogens is 400 g/mol. The molecule has 170 valence electrons. The molecule has 0 amide bonds. The summed E-state index contributed by atoms with van der Waals surface area (Å²) in [4.78, 5) is 0. The highest BCUT2D eigenvalue weighted by molar-refractivity contribution is 5.45. The van der Waals surface area contributed by atoms with Crippen LogP contribution in [0, 0.1) is 0 Å². The molecule has 1 unspecified atom stereocenters. The fourth-order valence-corrected chi connectivity index (χ4v) is 3.53. The third-order valence-electron chi connectivity index (χ3n) is 5.59. The quantitative estimate of drug-likeness (QED) is 0.303. The molecule has 3 aromatic carbocycles. The first-order valence-electron chi connectivity index (χ1n) is 11.4. The van der Waals surface area contributed by atoms with E-state index in [1.807, 2.05) is 68.4 Å². The molecule has 0 aliphatic heterocycles. The first-order valence-corrected chi connectivity index (χ1v) is 11.4. The zero-order valence-electron chi connectivity index (χ0n) is 19.6. The van der Waals surface area contributed by atoms with E-state index in [0.29, 0.717) is 26.4 Å². The van der Waals surface area contributed by atoms with Gasteiger partial charge in [-0.3, -0.25) is 0 Å². The summed E-state index contributed by atoms with van der Waals surface area (Å²) < 4.78 is 23.7. The molecule has 0 aliphatic rings. The third-order valence-corrected chi connectivity index (χ3v) is 5.59. The number of para-hydroxylation sites is 1. The number of hydrogen-bond acceptors (Lipinski definition) is 4. The Bertz CT molecular complexity index is 970. The van der Waals surface area contributed by atoms with Gasteiger partial charge in [0.25, 0.3) is 0 Å². The van der Waals surface area contributed by atoms with Crippen molar-refractivity contribution in [2.75, 3.05) is 19.8 Å². The van der Waals surface area contributed by atoms with Crippen molar-refractivity contribution in [3.8, 4) is 23.0 Å². The molecule has 0 bridgehead atoms. The molecule has 4 nitrogen and oxygen atoms in total. The maximum atomic E-state index is 6.19. The molecule has 1 atom stereocenters. The average molecular weight is 435 g/mol. The van der Waals surface area contributed by atoms with Crippen LogP contribution in [0.5, 0.6) is 23.0 Å². The van der Waals surface area contributed by atoms with E-state index in [0.717, 1.165) is 35.0 Å². The van der Waals surface area contributed by atoms with Gasteiger partial charge >= 0.3 is 0 Å². The Kier molecular flexibility index (Phi) is 8.57. The van der Waals surface area contributed by atoms with Crippen LogP contribution in [0.3, 0.4) is 0 Å². The molecular formula is C28H34O4. The number of ether oxygens (including phenoxy) is 4. The highest BCUT2D eigenvalue weighted by atomic mass is 16.5. The lowest BCUT2D eigenvalue weighted by molar-refractivity contribution is 0.0746. The summed E-state index contributed by atoms with van der Waals surface area (Å²) in [5.41, 5.74) is 2.14. The molecule has 0 aliphatic carbocycles. The van der Waals surface area contributed by atoms with Crippen molar-refractivity contribution < 1.29 is 18.9 Å². The predicted octanol–water partition coefficient (Wildman–Crippen LogP) is 7.16. The topological polar surface area (TPSA) is 36.9 Å². The Labute approximate surface area is 192 Å². The minimum atomic E-state index is -0.130. The molecule has 0 spiro atoms. The molecule has 0 saturated heterocycles. The molecule has 0 N–H and O–H groups in total. The highest BCUT2D eigenvalue weighted by Crippen LogP contribution is 2.36. The fraction of sp³-hybridized carbons (Fsp3) is 0.357. The van der Waals surface area contributed by atoms with E-state index in [1.165, 1.54) is 5.56 Å². The van der Waals surface area contributed by atoms with Crippen molar-refractivity contribution in [2.45, 2.75) is 46.1 Å². The van der Waals surface area contributed by atoms with Crippen LogP contribution in [-0.4, -0.2) is 19.8 Å². The Morgan fingerprint density at radius 2 is 1.44 bits per heavy atom. The summed E-state index contributed by atoms with van der Waals surface area (Å²) in [6, 6.07) is 24.1. The molecule has 32 heavy (non-hydrogen) atoms. The summed E-state index contributed by atoms with van der Waals surface area (Å²) in [7, 11) is 0. The van der Waals surface area contributed by atoms with Gasteiger partial charge in [-0.2, -0.15) is 0 Å². The second-order valence-corrected chi connectivity index (χ2v) is 8.00. The molecule has 0 aromatic heterocycles. The summed E-state index contributed by atoms with van der Waals surface area (Å²) in [5, 5.41) is 0. The van der Waals surface area contributed by atoms with Crippen LogP contribution in [0.15, 0.2) is 72.8 Å². The van der Waals surface area contributed by atoms with Gasteiger partial charge in [-0.15, -0.1) is 0 Å². The zero-order chi connectivity index (χ0) is 22.8. The minimum absolute atomic E-state index is 0.130. The Balaban J connectivity index is 1.66. The van der Waals surface area contributed by atoms with Crippen LogP contribution < -0.4 is 14.2 Å². The predicted molar refractivity (Wildman–Crippen MR) is 129 cm³/mol. The van der Waals surface area contributed by atoms with Gasteiger partial charge in [0.05, 0.1) is 26.4 Å². The Morgan fingerprint density at radius 3 is 2.16 bits per heavy atom. The van der Waals surface area contributed by atoms with Gasteiger partial charge in [0, 0.05) is 5.41 Å². The maximum Gasteiger partial charge on any atom is 0.161 e. The second kappa shape index (κ2) is 11.6. The van der Waals surface area contributed by atoms with Crippen LogP contribution in [0.4, 0.5) is 0 Å². The van der Waals surface area contributed by atoms with E-state index >= 15 is 0 Å². The molecule has 4 heteroatoms. The lowest BCUT2D eigenvalue weighted by Gasteiger charge is -2.29. The van der Waals surface area contributed by atoms with Crippen LogP contribution in [-0.2, 0) is 16.8 Å². The number of rotatable bonds is 12. The lowest BCUT2D eigenvalue weighted by atomic mass is 9.80. The smallest absolute Gasteiger partial charge is 0.161 e. The van der Waals surface area contributed by atoms with Gasteiger partial charge in [0.2, 0.25) is 0 Å². The van der Waals surface area contributed by atoms with Crippen LogP contribution in [0.1, 0.15) is 45.2 Å². The van der Waals surface area contributed by atoms with Gasteiger partial charge in [-0.1, -0.05) is 50.2 Å². The van der Waals surface area contributed by atoms with Crippen LogP contribution in [0.2, 0.25) is 0 Å². The van der Waals surface area contributed by atoms with Gasteiger partial charge in [-0.25, -0.2) is 0 Å². The van der Waals surface area contributed by atoms with E-state index in [4.69, 9.17) is 18.9 Å². The van der Waals surface area contributed by atoms with E-state index in [9.17, 15) is 0 Å². The van der Waals surface area contributed by atoms with Crippen molar-refractivity contribution in [3.05, 3.63) is 83.9 Å². The van der Waals surface area contributed by atoms with E-state index in [-0.39, 0.29) is 5.41 Å². The van der Waals surface area contributed by atoms with Crippen molar-refractivity contribution in [3.63, 3.8) is 0 Å². The molecule has 3 aromatic rings. The van der Waals surface area contributed by atoms with Crippen molar-refractivity contribution in [1.29, 1.82) is 0 Å². The van der Waals surface area contributed by atoms with Crippen LogP contribution >= 0.6 is 0 Å². The molecule has 0 fully saturated rings. The van der Waals surface area contributed by atoms with Crippen molar-refractivity contribution in [1.82, 2.24) is 0 Å².